The van der Waals surface area contributed by atoms with Gasteiger partial charge in [-0.05, 0) is 30.2 Å². The fraction of sp³-hybridized carbons (Fsp3) is 0.333. The molecule has 0 N–H and O–H groups in total. The molecule has 58 valence electrons. The van der Waals surface area contributed by atoms with Crippen molar-refractivity contribution >= 4 is 11.6 Å². The highest BCUT2D eigenvalue weighted by molar-refractivity contribution is 6.30. The monoisotopic (exact) mass is 168 g/mol. The van der Waals surface area contributed by atoms with E-state index in [4.69, 9.17) is 16.3 Å². The van der Waals surface area contributed by atoms with Crippen molar-refractivity contribution in [1.29, 1.82) is 0 Å². The molecule has 1 aliphatic heterocycles. The Kier molecular flexibility index (Phi) is 1.53. The summed E-state index contributed by atoms with van der Waals surface area (Å²) in [6, 6.07) is 3.92. The second-order valence-electron chi connectivity index (χ2n) is 2.81. The Hall–Kier alpha value is -0.690. The van der Waals surface area contributed by atoms with Crippen LogP contribution in [0, 0.1) is 6.92 Å². The van der Waals surface area contributed by atoms with Gasteiger partial charge in [0.25, 0.3) is 0 Å². The first-order valence-electron chi connectivity index (χ1n) is 3.69. The van der Waals surface area contributed by atoms with Crippen molar-refractivity contribution in [2.75, 3.05) is 6.61 Å². The molecule has 0 atom stereocenters. The number of hydrogen-bond donors (Lipinski definition) is 0. The summed E-state index contributed by atoms with van der Waals surface area (Å²) in [6.45, 7) is 2.83. The molecule has 1 aliphatic rings. The average molecular weight is 169 g/mol. The third kappa shape index (κ3) is 1.10. The van der Waals surface area contributed by atoms with Gasteiger partial charge in [-0.1, -0.05) is 11.6 Å². The Labute approximate surface area is 70.9 Å². The minimum absolute atomic E-state index is 0.802. The van der Waals surface area contributed by atoms with Gasteiger partial charge < -0.3 is 4.74 Å². The standard InChI is InChI=1S/C9H9ClO/c1-6-4-8(10)5-7-2-3-11-9(6)7/h4-5H,2-3H2,1H3. The zero-order chi connectivity index (χ0) is 7.84. The fourth-order valence-corrected chi connectivity index (χ4v) is 1.75. The number of benzene rings is 1. The maximum absolute atomic E-state index is 5.87. The molecule has 0 bridgehead atoms. The van der Waals surface area contributed by atoms with Gasteiger partial charge in [-0.2, -0.15) is 0 Å². The molecular weight excluding hydrogens is 160 g/mol. The highest BCUT2D eigenvalue weighted by Gasteiger charge is 2.14. The highest BCUT2D eigenvalue weighted by Crippen LogP contribution is 2.31. The summed E-state index contributed by atoms with van der Waals surface area (Å²) in [7, 11) is 0. The van der Waals surface area contributed by atoms with E-state index in [0.717, 1.165) is 29.4 Å². The lowest BCUT2D eigenvalue weighted by atomic mass is 10.1. The van der Waals surface area contributed by atoms with Crippen molar-refractivity contribution in [1.82, 2.24) is 0 Å². The summed E-state index contributed by atoms with van der Waals surface area (Å²) in [5, 5.41) is 0.812. The van der Waals surface area contributed by atoms with E-state index in [1.54, 1.807) is 0 Å². The Morgan fingerprint density at radius 1 is 1.45 bits per heavy atom. The Morgan fingerprint density at radius 2 is 2.27 bits per heavy atom. The fourth-order valence-electron chi connectivity index (χ4n) is 1.45. The first-order valence-corrected chi connectivity index (χ1v) is 4.07. The number of halogens is 1. The predicted molar refractivity (Wildman–Crippen MR) is 45.4 cm³/mol. The van der Waals surface area contributed by atoms with Crippen LogP contribution >= 0.6 is 11.6 Å². The normalized spacial score (nSPS) is 14.4. The van der Waals surface area contributed by atoms with Crippen molar-refractivity contribution in [3.05, 3.63) is 28.3 Å². The topological polar surface area (TPSA) is 9.23 Å². The number of hydrogen-bond acceptors (Lipinski definition) is 1. The third-order valence-corrected chi connectivity index (χ3v) is 2.15. The molecule has 0 aromatic heterocycles. The molecule has 1 aromatic rings. The molecule has 1 heterocycles. The lowest BCUT2D eigenvalue weighted by Gasteiger charge is -2.02. The molecule has 0 unspecified atom stereocenters. The molecule has 1 aromatic carbocycles. The first-order chi connectivity index (χ1) is 5.27. The van der Waals surface area contributed by atoms with Crippen LogP contribution in [0.2, 0.25) is 5.02 Å². The average Bonchev–Trinajstić information content (AvgIpc) is 2.34. The number of ether oxygens (including phenoxy) is 1. The van der Waals surface area contributed by atoms with Crippen molar-refractivity contribution in [2.45, 2.75) is 13.3 Å². The maximum atomic E-state index is 5.87. The molecule has 0 saturated carbocycles. The largest absolute Gasteiger partial charge is 0.493 e. The highest BCUT2D eigenvalue weighted by atomic mass is 35.5. The van der Waals surface area contributed by atoms with Crippen LogP contribution in [-0.4, -0.2) is 6.61 Å². The second kappa shape index (κ2) is 2.42. The molecule has 0 radical (unpaired) electrons. The van der Waals surface area contributed by atoms with Crippen LogP contribution in [0.3, 0.4) is 0 Å². The van der Waals surface area contributed by atoms with E-state index in [2.05, 4.69) is 0 Å². The van der Waals surface area contributed by atoms with Crippen molar-refractivity contribution in [3.63, 3.8) is 0 Å². The minimum atomic E-state index is 0.802. The third-order valence-electron chi connectivity index (χ3n) is 1.93. The van der Waals surface area contributed by atoms with Crippen LogP contribution in [0.25, 0.3) is 0 Å². The van der Waals surface area contributed by atoms with E-state index in [0.29, 0.717) is 0 Å². The zero-order valence-electron chi connectivity index (χ0n) is 6.36. The van der Waals surface area contributed by atoms with Crippen LogP contribution < -0.4 is 4.74 Å². The Morgan fingerprint density at radius 3 is 3.09 bits per heavy atom. The van der Waals surface area contributed by atoms with Gasteiger partial charge in [0, 0.05) is 11.4 Å². The minimum Gasteiger partial charge on any atom is -0.493 e. The van der Waals surface area contributed by atoms with Crippen molar-refractivity contribution in [3.8, 4) is 5.75 Å². The van der Waals surface area contributed by atoms with Gasteiger partial charge in [-0.25, -0.2) is 0 Å². The smallest absolute Gasteiger partial charge is 0.125 e. The van der Waals surface area contributed by atoms with E-state index < -0.39 is 0 Å². The van der Waals surface area contributed by atoms with Crippen molar-refractivity contribution < 1.29 is 4.74 Å². The Balaban J connectivity index is 2.60. The van der Waals surface area contributed by atoms with Gasteiger partial charge in [0.2, 0.25) is 0 Å². The van der Waals surface area contributed by atoms with E-state index in [1.165, 1.54) is 5.56 Å². The van der Waals surface area contributed by atoms with Gasteiger partial charge in [0.05, 0.1) is 6.61 Å². The van der Waals surface area contributed by atoms with Crippen LogP contribution in [-0.2, 0) is 6.42 Å². The molecule has 0 saturated heterocycles. The van der Waals surface area contributed by atoms with Crippen molar-refractivity contribution in [2.24, 2.45) is 0 Å². The maximum Gasteiger partial charge on any atom is 0.125 e. The summed E-state index contributed by atoms with van der Waals surface area (Å²) in [6.07, 6.45) is 0.997. The number of rotatable bonds is 0. The van der Waals surface area contributed by atoms with Crippen LogP contribution in [0.15, 0.2) is 12.1 Å². The van der Waals surface area contributed by atoms with Gasteiger partial charge in [-0.15, -0.1) is 0 Å². The predicted octanol–water partition coefficient (Wildman–Crippen LogP) is 2.58. The summed E-state index contributed by atoms with van der Waals surface area (Å²) < 4.78 is 5.43. The van der Waals surface area contributed by atoms with Gasteiger partial charge in [0.1, 0.15) is 5.75 Å². The van der Waals surface area contributed by atoms with E-state index in [-0.39, 0.29) is 0 Å². The molecular formula is C9H9ClO. The molecule has 11 heavy (non-hydrogen) atoms. The van der Waals surface area contributed by atoms with Crippen LogP contribution in [0.4, 0.5) is 0 Å². The number of fused-ring (bicyclic) bond motifs is 1. The van der Waals surface area contributed by atoms with E-state index in [9.17, 15) is 0 Å². The zero-order valence-corrected chi connectivity index (χ0v) is 7.11. The van der Waals surface area contributed by atoms with Gasteiger partial charge in [-0.3, -0.25) is 0 Å². The van der Waals surface area contributed by atoms with Gasteiger partial charge >= 0.3 is 0 Å². The first kappa shape index (κ1) is 6.99. The summed E-state index contributed by atoms with van der Waals surface area (Å²) in [5.41, 5.74) is 2.39. The SMILES string of the molecule is Cc1cc(Cl)cc2c1OCC2. The number of aryl methyl sites for hydroxylation is 1. The molecule has 1 nitrogen and oxygen atoms in total. The molecule has 0 amide bonds. The molecule has 0 spiro atoms. The molecule has 0 aliphatic carbocycles. The van der Waals surface area contributed by atoms with E-state index >= 15 is 0 Å². The van der Waals surface area contributed by atoms with Crippen LogP contribution in [0.1, 0.15) is 11.1 Å². The quantitative estimate of drug-likeness (QED) is 0.579. The Bertz CT molecular complexity index is 294. The van der Waals surface area contributed by atoms with Gasteiger partial charge in [0.15, 0.2) is 0 Å². The lowest BCUT2D eigenvalue weighted by Crippen LogP contribution is -1.87. The second-order valence-corrected chi connectivity index (χ2v) is 3.25. The molecule has 2 heteroatoms. The van der Waals surface area contributed by atoms with Crippen LogP contribution in [0.5, 0.6) is 5.75 Å². The summed E-state index contributed by atoms with van der Waals surface area (Å²) in [4.78, 5) is 0. The van der Waals surface area contributed by atoms with E-state index in [1.807, 2.05) is 19.1 Å². The molecule has 2 rings (SSSR count). The summed E-state index contributed by atoms with van der Waals surface area (Å²) >= 11 is 5.87. The lowest BCUT2D eigenvalue weighted by molar-refractivity contribution is 0.354. The molecule has 0 fully saturated rings. The summed E-state index contributed by atoms with van der Waals surface area (Å²) in [5.74, 6) is 1.04.